The van der Waals surface area contributed by atoms with Crippen LogP contribution in [0, 0.1) is 0 Å². The molecule has 1 aromatic heterocycles. The van der Waals surface area contributed by atoms with E-state index in [1.807, 2.05) is 55.5 Å². The monoisotopic (exact) mass is 394 g/mol. The third kappa shape index (κ3) is 3.38. The summed E-state index contributed by atoms with van der Waals surface area (Å²) in [7, 11) is 0. The number of fused-ring (bicyclic) bond motifs is 2. The molecule has 1 N–H and O–H groups in total. The molecule has 1 atom stereocenters. The van der Waals surface area contributed by atoms with Gasteiger partial charge in [-0.05, 0) is 38.1 Å². The molecule has 0 unspecified atom stereocenters. The van der Waals surface area contributed by atoms with Crippen molar-refractivity contribution < 1.29 is 9.59 Å². The Morgan fingerprint density at radius 1 is 1.21 bits per heavy atom. The molecule has 3 aromatic rings. The van der Waals surface area contributed by atoms with Crippen LogP contribution < -0.4 is 10.2 Å². The summed E-state index contributed by atoms with van der Waals surface area (Å²) in [6.45, 7) is 4.77. The number of imidazole rings is 1. The number of rotatable bonds is 4. The van der Waals surface area contributed by atoms with E-state index in [2.05, 4.69) is 21.8 Å². The summed E-state index contributed by atoms with van der Waals surface area (Å²) in [5.41, 5.74) is 3.43. The van der Waals surface area contributed by atoms with E-state index >= 15 is 0 Å². The predicted molar refractivity (Wildman–Crippen MR) is 113 cm³/mol. The molecule has 4 rings (SSSR count). The van der Waals surface area contributed by atoms with Gasteiger partial charge in [0.25, 0.3) is 0 Å². The number of nitrogens with one attached hydrogen (secondary N) is 1. The topological polar surface area (TPSA) is 67.2 Å². The van der Waals surface area contributed by atoms with Crippen molar-refractivity contribution in [2.24, 2.45) is 0 Å². The van der Waals surface area contributed by atoms with Gasteiger partial charge in [0.05, 0.1) is 28.2 Å². The summed E-state index contributed by atoms with van der Waals surface area (Å²) < 4.78 is 2.12. The average Bonchev–Trinajstić information content (AvgIpc) is 2.98. The molecule has 0 radical (unpaired) electrons. The minimum Gasteiger partial charge on any atom is -0.324 e. The van der Waals surface area contributed by atoms with Gasteiger partial charge in [-0.15, -0.1) is 0 Å². The fourth-order valence-electron chi connectivity index (χ4n) is 3.63. The molecular weight excluding hydrogens is 372 g/mol. The lowest BCUT2D eigenvalue weighted by molar-refractivity contribution is -0.117. The number of benzene rings is 2. The van der Waals surface area contributed by atoms with Gasteiger partial charge in [0.1, 0.15) is 0 Å². The molecule has 0 saturated heterocycles. The number of carbonyl (C=O) groups is 2. The standard InChI is InChI=1S/C21H22N4O2S/c1-3-24-17-10-6-4-8-15(17)23-21(24)28-13-20(27)25-14(2)12-19(26)22-16-9-5-7-11-18(16)25/h4-11,14H,3,12-13H2,1-2H3,(H,22,26)/t14-/m1/s1. The van der Waals surface area contributed by atoms with Crippen LogP contribution in [-0.2, 0) is 16.1 Å². The van der Waals surface area contributed by atoms with E-state index in [1.54, 1.807) is 4.90 Å². The van der Waals surface area contributed by atoms with E-state index < -0.39 is 0 Å². The molecule has 2 aromatic carbocycles. The number of anilines is 2. The Hall–Kier alpha value is -2.80. The Bertz CT molecular complexity index is 1050. The van der Waals surface area contributed by atoms with E-state index in [0.717, 1.165) is 28.4 Å². The van der Waals surface area contributed by atoms with Gasteiger partial charge in [-0.25, -0.2) is 4.98 Å². The minimum absolute atomic E-state index is 0.0313. The maximum absolute atomic E-state index is 13.1. The Labute approximate surface area is 167 Å². The number of hydrogen-bond acceptors (Lipinski definition) is 4. The number of carbonyl (C=O) groups excluding carboxylic acids is 2. The molecule has 2 amide bonds. The van der Waals surface area contributed by atoms with Crippen molar-refractivity contribution in [2.45, 2.75) is 38.0 Å². The lowest BCUT2D eigenvalue weighted by Crippen LogP contribution is -2.40. The van der Waals surface area contributed by atoms with Gasteiger partial charge in [-0.1, -0.05) is 36.0 Å². The summed E-state index contributed by atoms with van der Waals surface area (Å²) in [6, 6.07) is 15.2. The van der Waals surface area contributed by atoms with Crippen LogP contribution in [0.2, 0.25) is 0 Å². The first-order chi connectivity index (χ1) is 13.6. The molecule has 0 aliphatic carbocycles. The van der Waals surface area contributed by atoms with Crippen molar-refractivity contribution in [3.63, 3.8) is 0 Å². The third-order valence-electron chi connectivity index (χ3n) is 4.89. The summed E-state index contributed by atoms with van der Waals surface area (Å²) in [5, 5.41) is 3.73. The number of thioether (sulfide) groups is 1. The fraction of sp³-hybridized carbons (Fsp3) is 0.286. The second-order valence-electron chi connectivity index (χ2n) is 6.80. The Balaban J connectivity index is 1.59. The molecule has 0 fully saturated rings. The van der Waals surface area contributed by atoms with Gasteiger partial charge in [-0.3, -0.25) is 9.59 Å². The van der Waals surface area contributed by atoms with Crippen molar-refractivity contribution in [3.8, 4) is 0 Å². The van der Waals surface area contributed by atoms with Crippen LogP contribution in [-0.4, -0.2) is 33.2 Å². The summed E-state index contributed by atoms with van der Waals surface area (Å²) >= 11 is 1.44. The van der Waals surface area contributed by atoms with E-state index in [9.17, 15) is 9.59 Å². The molecule has 1 aliphatic heterocycles. The molecular formula is C21H22N4O2S. The Kier molecular flexibility index (Phi) is 5.09. The van der Waals surface area contributed by atoms with Crippen molar-refractivity contribution in [1.29, 1.82) is 0 Å². The van der Waals surface area contributed by atoms with E-state index in [1.165, 1.54) is 11.8 Å². The van der Waals surface area contributed by atoms with Gasteiger partial charge in [-0.2, -0.15) is 0 Å². The van der Waals surface area contributed by atoms with Crippen LogP contribution in [0.3, 0.4) is 0 Å². The molecule has 6 nitrogen and oxygen atoms in total. The number of aryl methyl sites for hydroxylation is 1. The zero-order chi connectivity index (χ0) is 19.7. The van der Waals surface area contributed by atoms with E-state index in [4.69, 9.17) is 0 Å². The second-order valence-corrected chi connectivity index (χ2v) is 7.74. The van der Waals surface area contributed by atoms with Gasteiger partial charge in [0.2, 0.25) is 11.8 Å². The summed E-state index contributed by atoms with van der Waals surface area (Å²) in [4.78, 5) is 31.7. The molecule has 0 spiro atoms. The van der Waals surface area contributed by atoms with Gasteiger partial charge in [0, 0.05) is 19.0 Å². The fourth-order valence-corrected chi connectivity index (χ4v) is 4.57. The molecule has 7 heteroatoms. The number of nitrogens with zero attached hydrogens (tertiary/aromatic N) is 3. The van der Waals surface area contributed by atoms with Crippen LogP contribution in [0.1, 0.15) is 20.3 Å². The highest BCUT2D eigenvalue weighted by Gasteiger charge is 2.29. The van der Waals surface area contributed by atoms with Crippen LogP contribution in [0.25, 0.3) is 11.0 Å². The highest BCUT2D eigenvalue weighted by Crippen LogP contribution is 2.32. The average molecular weight is 395 g/mol. The molecule has 144 valence electrons. The van der Waals surface area contributed by atoms with Crippen LogP contribution in [0.4, 0.5) is 11.4 Å². The van der Waals surface area contributed by atoms with E-state index in [-0.39, 0.29) is 30.0 Å². The Morgan fingerprint density at radius 3 is 2.79 bits per heavy atom. The normalized spacial score (nSPS) is 16.6. The van der Waals surface area contributed by atoms with Gasteiger partial charge in [0.15, 0.2) is 5.16 Å². The first-order valence-electron chi connectivity index (χ1n) is 9.37. The van der Waals surface area contributed by atoms with Crippen molar-refractivity contribution in [1.82, 2.24) is 9.55 Å². The van der Waals surface area contributed by atoms with Crippen LogP contribution in [0.5, 0.6) is 0 Å². The van der Waals surface area contributed by atoms with Crippen LogP contribution in [0.15, 0.2) is 53.7 Å². The summed E-state index contributed by atoms with van der Waals surface area (Å²) in [5.74, 6) is 0.155. The molecule has 28 heavy (non-hydrogen) atoms. The lowest BCUT2D eigenvalue weighted by atomic mass is 10.2. The zero-order valence-corrected chi connectivity index (χ0v) is 16.7. The van der Waals surface area contributed by atoms with Crippen molar-refractivity contribution in [2.75, 3.05) is 16.0 Å². The second kappa shape index (κ2) is 7.67. The highest BCUT2D eigenvalue weighted by molar-refractivity contribution is 7.99. The number of amides is 2. The first-order valence-corrected chi connectivity index (χ1v) is 10.4. The predicted octanol–water partition coefficient (Wildman–Crippen LogP) is 3.91. The zero-order valence-electron chi connectivity index (χ0n) is 15.9. The maximum Gasteiger partial charge on any atom is 0.237 e. The SMILES string of the molecule is CCn1c(SCC(=O)N2c3ccccc3NC(=O)C[C@H]2C)nc2ccccc21. The smallest absolute Gasteiger partial charge is 0.237 e. The van der Waals surface area contributed by atoms with E-state index in [0.29, 0.717) is 5.69 Å². The third-order valence-corrected chi connectivity index (χ3v) is 5.85. The largest absolute Gasteiger partial charge is 0.324 e. The summed E-state index contributed by atoms with van der Waals surface area (Å²) in [6.07, 6.45) is 0.276. The number of para-hydroxylation sites is 4. The number of aromatic nitrogens is 2. The van der Waals surface area contributed by atoms with Gasteiger partial charge < -0.3 is 14.8 Å². The molecule has 0 bridgehead atoms. The highest BCUT2D eigenvalue weighted by atomic mass is 32.2. The molecule has 0 saturated carbocycles. The Morgan fingerprint density at radius 2 is 1.96 bits per heavy atom. The molecule has 2 heterocycles. The van der Waals surface area contributed by atoms with Gasteiger partial charge >= 0.3 is 0 Å². The molecule has 1 aliphatic rings. The van der Waals surface area contributed by atoms with Crippen molar-refractivity contribution >= 4 is 46.0 Å². The minimum atomic E-state index is -0.207. The van der Waals surface area contributed by atoms with Crippen molar-refractivity contribution in [3.05, 3.63) is 48.5 Å². The first kappa shape index (κ1) is 18.6. The lowest BCUT2D eigenvalue weighted by Gasteiger charge is -2.27. The maximum atomic E-state index is 13.1. The van der Waals surface area contributed by atoms with Crippen LogP contribution >= 0.6 is 11.8 Å². The quantitative estimate of drug-likeness (QED) is 0.681. The number of hydrogen-bond donors (Lipinski definition) is 1.